The molecule has 1 aliphatic rings. The number of carboxylic acids is 1. The maximum absolute atomic E-state index is 14.4. The highest BCUT2D eigenvalue weighted by Crippen LogP contribution is 2.49. The molecule has 0 heterocycles. The van der Waals surface area contributed by atoms with Gasteiger partial charge in [-0.05, 0) is 47.9 Å². The molecule has 29 heavy (non-hydrogen) atoms. The Kier molecular flexibility index (Phi) is 5.16. The Labute approximate surface area is 166 Å². The average Bonchev–Trinajstić information content (AvgIpc) is 3.50. The Morgan fingerprint density at radius 3 is 2.48 bits per heavy atom. The topological polar surface area (TPSA) is 58.6 Å². The number of ether oxygens (including phenoxy) is 1. The van der Waals surface area contributed by atoms with Crippen molar-refractivity contribution in [3.05, 3.63) is 89.5 Å². The monoisotopic (exact) mass is 395 g/mol. The van der Waals surface area contributed by atoms with E-state index in [-0.39, 0.29) is 17.8 Å². The van der Waals surface area contributed by atoms with Crippen molar-refractivity contribution in [3.63, 3.8) is 0 Å². The van der Waals surface area contributed by atoms with E-state index in [1.807, 2.05) is 54.6 Å². The molecule has 1 saturated carbocycles. The molecular formula is C23H19F2NO3. The van der Waals surface area contributed by atoms with Crippen LogP contribution in [0.5, 0.6) is 11.5 Å². The zero-order valence-electron chi connectivity index (χ0n) is 15.4. The second kappa shape index (κ2) is 7.91. The Morgan fingerprint density at radius 1 is 1.00 bits per heavy atom. The van der Waals surface area contributed by atoms with Crippen LogP contribution in [-0.4, -0.2) is 11.1 Å². The lowest BCUT2D eigenvalue weighted by molar-refractivity contribution is -0.138. The number of halogens is 2. The van der Waals surface area contributed by atoms with E-state index in [0.29, 0.717) is 17.9 Å². The van der Waals surface area contributed by atoms with Crippen LogP contribution in [0, 0.1) is 17.6 Å². The fraction of sp³-hybridized carbons (Fsp3) is 0.174. The largest absolute Gasteiger partial charge is 0.481 e. The Balaban J connectivity index is 1.43. The minimum atomic E-state index is -0.977. The summed E-state index contributed by atoms with van der Waals surface area (Å²) in [4.78, 5) is 11.0. The van der Waals surface area contributed by atoms with Gasteiger partial charge in [0, 0.05) is 18.5 Å². The third kappa shape index (κ3) is 4.37. The molecule has 3 aromatic carbocycles. The first-order chi connectivity index (χ1) is 14.0. The molecule has 4 rings (SSSR count). The van der Waals surface area contributed by atoms with Crippen molar-refractivity contribution in [2.24, 2.45) is 5.92 Å². The van der Waals surface area contributed by atoms with Crippen molar-refractivity contribution in [2.75, 3.05) is 5.32 Å². The highest BCUT2D eigenvalue weighted by molar-refractivity contribution is 5.75. The van der Waals surface area contributed by atoms with Gasteiger partial charge in [-0.2, -0.15) is 0 Å². The molecular weight excluding hydrogens is 376 g/mol. The van der Waals surface area contributed by atoms with Gasteiger partial charge in [-0.25, -0.2) is 8.78 Å². The van der Waals surface area contributed by atoms with Gasteiger partial charge in [0.25, 0.3) is 0 Å². The molecule has 4 nitrogen and oxygen atoms in total. The summed E-state index contributed by atoms with van der Waals surface area (Å²) in [6.45, 7) is 0.281. The summed E-state index contributed by atoms with van der Waals surface area (Å²) >= 11 is 0. The maximum Gasteiger partial charge on any atom is 0.307 e. The van der Waals surface area contributed by atoms with Gasteiger partial charge in [0.15, 0.2) is 0 Å². The van der Waals surface area contributed by atoms with Crippen LogP contribution < -0.4 is 10.1 Å². The van der Waals surface area contributed by atoms with Gasteiger partial charge in [0.1, 0.15) is 23.1 Å². The van der Waals surface area contributed by atoms with Crippen molar-refractivity contribution in [1.82, 2.24) is 0 Å². The van der Waals surface area contributed by atoms with Gasteiger partial charge in [-0.3, -0.25) is 4.79 Å². The number of hydrogen-bond donors (Lipinski definition) is 2. The normalized spacial score (nSPS) is 17.6. The number of nitrogens with one attached hydrogen (secondary N) is 1. The van der Waals surface area contributed by atoms with E-state index in [2.05, 4.69) is 5.32 Å². The predicted octanol–water partition coefficient (Wildman–Crippen LogP) is 5.56. The molecule has 2 atom stereocenters. The average molecular weight is 395 g/mol. The predicted molar refractivity (Wildman–Crippen MR) is 105 cm³/mol. The number of para-hydroxylation sites is 1. The van der Waals surface area contributed by atoms with E-state index < -0.39 is 29.4 Å². The van der Waals surface area contributed by atoms with Gasteiger partial charge in [-0.1, -0.05) is 30.3 Å². The molecule has 1 fully saturated rings. The van der Waals surface area contributed by atoms with Crippen molar-refractivity contribution in [3.8, 4) is 11.5 Å². The molecule has 0 unspecified atom stereocenters. The lowest BCUT2D eigenvalue weighted by Gasteiger charge is -2.12. The molecule has 3 aromatic rings. The van der Waals surface area contributed by atoms with Crippen LogP contribution in [0.2, 0.25) is 0 Å². The summed E-state index contributed by atoms with van der Waals surface area (Å²) in [5.74, 6) is -1.91. The molecule has 0 aliphatic heterocycles. The number of hydrogen-bond acceptors (Lipinski definition) is 3. The Morgan fingerprint density at radius 2 is 1.76 bits per heavy atom. The minimum Gasteiger partial charge on any atom is -0.481 e. The first-order valence-corrected chi connectivity index (χ1v) is 9.28. The van der Waals surface area contributed by atoms with E-state index >= 15 is 0 Å². The first-order valence-electron chi connectivity index (χ1n) is 9.28. The van der Waals surface area contributed by atoms with Crippen molar-refractivity contribution in [1.29, 1.82) is 0 Å². The molecule has 2 N–H and O–H groups in total. The zero-order chi connectivity index (χ0) is 20.4. The molecule has 1 aliphatic carbocycles. The van der Waals surface area contributed by atoms with E-state index in [1.165, 1.54) is 0 Å². The van der Waals surface area contributed by atoms with Gasteiger partial charge < -0.3 is 15.2 Å². The van der Waals surface area contributed by atoms with Crippen molar-refractivity contribution < 1.29 is 23.4 Å². The lowest BCUT2D eigenvalue weighted by Crippen LogP contribution is -2.05. The molecule has 0 bridgehead atoms. The molecule has 0 aromatic heterocycles. The van der Waals surface area contributed by atoms with Crippen LogP contribution in [0.3, 0.4) is 0 Å². The number of carbonyl (C=O) groups is 1. The summed E-state index contributed by atoms with van der Waals surface area (Å²) in [6, 6.07) is 18.9. The molecule has 0 spiro atoms. The Bertz CT molecular complexity index is 1040. The standard InChI is InChI=1S/C23H19F2NO3/c24-20-12-22(21(25)11-18(20)17-10-19(17)23(27)28)26-13-14-5-4-8-16(9-14)29-15-6-2-1-3-7-15/h1-9,11-12,17,19,26H,10,13H2,(H,27,28)/t17-,19+/m0/s1. The summed E-state index contributed by atoms with van der Waals surface area (Å²) in [5, 5.41) is 11.9. The number of aliphatic carboxylic acids is 1. The number of anilines is 1. The molecule has 0 amide bonds. The molecule has 148 valence electrons. The summed E-state index contributed by atoms with van der Waals surface area (Å²) in [5.41, 5.74) is 1.00. The minimum absolute atomic E-state index is 0.0353. The van der Waals surface area contributed by atoms with Crippen LogP contribution in [0.1, 0.15) is 23.5 Å². The quantitative estimate of drug-likeness (QED) is 0.550. The third-order valence-electron chi connectivity index (χ3n) is 4.95. The number of rotatable bonds is 7. The van der Waals surface area contributed by atoms with Crippen LogP contribution in [0.4, 0.5) is 14.5 Å². The SMILES string of the molecule is O=C(O)[C@@H]1C[C@H]1c1cc(F)c(NCc2cccc(Oc3ccccc3)c2)cc1F. The van der Waals surface area contributed by atoms with Crippen LogP contribution in [0.15, 0.2) is 66.7 Å². The highest BCUT2D eigenvalue weighted by atomic mass is 19.1. The maximum atomic E-state index is 14.4. The molecule has 0 saturated heterocycles. The first kappa shape index (κ1) is 18.9. The third-order valence-corrected chi connectivity index (χ3v) is 4.95. The fourth-order valence-corrected chi connectivity index (χ4v) is 3.33. The van der Waals surface area contributed by atoms with Gasteiger partial charge in [-0.15, -0.1) is 0 Å². The molecule has 6 heteroatoms. The second-order valence-corrected chi connectivity index (χ2v) is 7.06. The van der Waals surface area contributed by atoms with E-state index in [9.17, 15) is 13.6 Å². The highest BCUT2D eigenvalue weighted by Gasteiger charge is 2.45. The van der Waals surface area contributed by atoms with E-state index in [0.717, 1.165) is 17.7 Å². The van der Waals surface area contributed by atoms with Gasteiger partial charge in [0.2, 0.25) is 0 Å². The lowest BCUT2D eigenvalue weighted by atomic mass is 10.1. The van der Waals surface area contributed by atoms with Crippen LogP contribution >= 0.6 is 0 Å². The van der Waals surface area contributed by atoms with Gasteiger partial charge in [0.05, 0.1) is 11.6 Å². The number of carboxylic acid groups (broad SMARTS) is 1. The fourth-order valence-electron chi connectivity index (χ4n) is 3.33. The smallest absolute Gasteiger partial charge is 0.307 e. The number of benzene rings is 3. The summed E-state index contributed by atoms with van der Waals surface area (Å²) in [7, 11) is 0. The second-order valence-electron chi connectivity index (χ2n) is 7.06. The van der Waals surface area contributed by atoms with E-state index in [1.54, 1.807) is 0 Å². The van der Waals surface area contributed by atoms with Crippen molar-refractivity contribution in [2.45, 2.75) is 18.9 Å². The zero-order valence-corrected chi connectivity index (χ0v) is 15.4. The van der Waals surface area contributed by atoms with Crippen LogP contribution in [0.25, 0.3) is 0 Å². The molecule has 0 radical (unpaired) electrons. The summed E-state index contributed by atoms with van der Waals surface area (Å²) < 4.78 is 34.6. The summed E-state index contributed by atoms with van der Waals surface area (Å²) in [6.07, 6.45) is 0.340. The van der Waals surface area contributed by atoms with Gasteiger partial charge >= 0.3 is 5.97 Å². The van der Waals surface area contributed by atoms with Crippen molar-refractivity contribution >= 4 is 11.7 Å². The Hall–Kier alpha value is -3.41. The van der Waals surface area contributed by atoms with E-state index in [4.69, 9.17) is 9.84 Å². The van der Waals surface area contributed by atoms with Crippen LogP contribution in [-0.2, 0) is 11.3 Å².